The molecule has 1 aliphatic heterocycles. The molecule has 1 unspecified atom stereocenters. The summed E-state index contributed by atoms with van der Waals surface area (Å²) >= 11 is 0. The fourth-order valence-electron chi connectivity index (χ4n) is 4.70. The number of rotatable bonds is 4. The van der Waals surface area contributed by atoms with E-state index in [0.29, 0.717) is 6.54 Å². The molecule has 2 atom stereocenters. The van der Waals surface area contributed by atoms with Crippen molar-refractivity contribution >= 4 is 5.91 Å². The molecule has 1 saturated carbocycles. The average molecular weight is 387 g/mol. The van der Waals surface area contributed by atoms with Crippen LogP contribution in [-0.2, 0) is 13.0 Å². The number of carbonyl (C=O) groups is 1. The minimum atomic E-state index is -0.387. The second-order valence-electron chi connectivity index (χ2n) is 8.23. The number of amides is 1. The van der Waals surface area contributed by atoms with Crippen molar-refractivity contribution < 1.29 is 9.90 Å². The number of aromatic nitrogens is 2. The molecule has 1 fully saturated rings. The Labute approximate surface area is 170 Å². The van der Waals surface area contributed by atoms with Crippen molar-refractivity contribution in [2.45, 2.75) is 51.3 Å². The Morgan fingerprint density at radius 3 is 2.69 bits per heavy atom. The molecule has 148 valence electrons. The molecule has 0 saturated heterocycles. The fourth-order valence-corrected chi connectivity index (χ4v) is 4.70. The minimum absolute atomic E-state index is 0.0338. The average Bonchev–Trinajstić information content (AvgIpc) is 3.45. The molecular weight excluding hydrogens is 362 g/mol. The second kappa shape index (κ2) is 7.16. The highest BCUT2D eigenvalue weighted by Crippen LogP contribution is 2.33. The normalized spacial score (nSPS) is 21.0. The van der Waals surface area contributed by atoms with Gasteiger partial charge in [0.1, 0.15) is 0 Å². The lowest BCUT2D eigenvalue weighted by Gasteiger charge is -2.26. The number of benzene rings is 2. The van der Waals surface area contributed by atoms with Gasteiger partial charge in [-0.3, -0.25) is 4.79 Å². The molecule has 1 N–H and O–H groups in total. The summed E-state index contributed by atoms with van der Waals surface area (Å²) in [6, 6.07) is 14.5. The van der Waals surface area contributed by atoms with Gasteiger partial charge in [0, 0.05) is 24.5 Å². The van der Waals surface area contributed by atoms with E-state index >= 15 is 0 Å². The Hall–Kier alpha value is -2.92. The number of carbonyl (C=O) groups excluding carboxylic acids is 1. The van der Waals surface area contributed by atoms with Gasteiger partial charge in [-0.2, -0.15) is 5.10 Å². The highest BCUT2D eigenvalue weighted by atomic mass is 16.3. The zero-order valence-electron chi connectivity index (χ0n) is 16.6. The Kier molecular flexibility index (Phi) is 4.47. The molecule has 0 radical (unpaired) electrons. The van der Waals surface area contributed by atoms with Crippen LogP contribution in [0.15, 0.2) is 54.9 Å². The van der Waals surface area contributed by atoms with Crippen molar-refractivity contribution in [1.29, 1.82) is 0 Å². The maximum atomic E-state index is 13.0. The number of aliphatic hydroxyl groups is 1. The van der Waals surface area contributed by atoms with Gasteiger partial charge in [-0.15, -0.1) is 0 Å². The van der Waals surface area contributed by atoms with Gasteiger partial charge in [-0.1, -0.05) is 18.2 Å². The van der Waals surface area contributed by atoms with E-state index in [1.807, 2.05) is 21.8 Å². The molecule has 2 heterocycles. The van der Waals surface area contributed by atoms with Gasteiger partial charge in [-0.05, 0) is 79.1 Å². The van der Waals surface area contributed by atoms with Crippen molar-refractivity contribution in [3.8, 4) is 5.69 Å². The first kappa shape index (κ1) is 18.1. The number of aliphatic hydroxyl groups excluding tert-OH is 1. The van der Waals surface area contributed by atoms with Crippen LogP contribution in [0.25, 0.3) is 5.69 Å². The quantitative estimate of drug-likeness (QED) is 0.744. The predicted octanol–water partition coefficient (Wildman–Crippen LogP) is 3.64. The molecule has 29 heavy (non-hydrogen) atoms. The minimum Gasteiger partial charge on any atom is -0.391 e. The smallest absolute Gasteiger partial charge is 0.254 e. The molecule has 2 aliphatic rings. The summed E-state index contributed by atoms with van der Waals surface area (Å²) in [5, 5.41) is 14.5. The van der Waals surface area contributed by atoms with Crippen LogP contribution >= 0.6 is 0 Å². The van der Waals surface area contributed by atoms with Crippen LogP contribution in [0.1, 0.15) is 51.9 Å². The van der Waals surface area contributed by atoms with Crippen LogP contribution in [0.2, 0.25) is 0 Å². The predicted molar refractivity (Wildman–Crippen MR) is 111 cm³/mol. The lowest BCUT2D eigenvalue weighted by molar-refractivity contribution is 0.0479. The maximum absolute atomic E-state index is 13.0. The van der Waals surface area contributed by atoms with Gasteiger partial charge in [0.25, 0.3) is 5.91 Å². The van der Waals surface area contributed by atoms with E-state index in [1.165, 1.54) is 16.7 Å². The Balaban J connectivity index is 1.38. The summed E-state index contributed by atoms with van der Waals surface area (Å²) in [7, 11) is 0. The standard InChI is InChI=1S/C24H25N3O2/c1-16-12-19-15-26(22-4-2-5-23(22)28)24(29)21(19)14-18(16)13-17-6-8-20(9-7-17)27-11-3-10-25-27/h3,6-12,14,22-23,28H,2,4-5,13,15H2,1H3/t22?,23-/m1/s1. The van der Waals surface area contributed by atoms with Gasteiger partial charge in [-0.25, -0.2) is 4.68 Å². The third-order valence-electron chi connectivity index (χ3n) is 6.34. The molecule has 2 aromatic carbocycles. The second-order valence-corrected chi connectivity index (χ2v) is 8.23. The Morgan fingerprint density at radius 2 is 2.00 bits per heavy atom. The number of hydrogen-bond acceptors (Lipinski definition) is 3. The molecule has 0 spiro atoms. The maximum Gasteiger partial charge on any atom is 0.254 e. The van der Waals surface area contributed by atoms with Gasteiger partial charge in [0.05, 0.1) is 17.8 Å². The topological polar surface area (TPSA) is 58.4 Å². The van der Waals surface area contributed by atoms with Crippen molar-refractivity contribution in [2.24, 2.45) is 0 Å². The van der Waals surface area contributed by atoms with Gasteiger partial charge < -0.3 is 10.0 Å². The third-order valence-corrected chi connectivity index (χ3v) is 6.34. The summed E-state index contributed by atoms with van der Waals surface area (Å²) in [4.78, 5) is 14.9. The molecule has 0 bridgehead atoms. The molecule has 3 aromatic rings. The summed E-state index contributed by atoms with van der Waals surface area (Å²) in [6.45, 7) is 2.74. The van der Waals surface area contributed by atoms with Crippen LogP contribution < -0.4 is 0 Å². The molecule has 5 heteroatoms. The van der Waals surface area contributed by atoms with E-state index in [9.17, 15) is 9.90 Å². The highest BCUT2D eigenvalue weighted by Gasteiger charge is 2.38. The Bertz CT molecular complexity index is 1040. The van der Waals surface area contributed by atoms with E-state index in [-0.39, 0.29) is 18.1 Å². The summed E-state index contributed by atoms with van der Waals surface area (Å²) in [5.74, 6) is 0.0706. The van der Waals surface area contributed by atoms with Crippen LogP contribution in [0, 0.1) is 6.92 Å². The lowest BCUT2D eigenvalue weighted by atomic mass is 9.95. The number of nitrogens with zero attached hydrogens (tertiary/aromatic N) is 3. The number of aryl methyl sites for hydroxylation is 1. The SMILES string of the molecule is Cc1cc2c(cc1Cc1ccc(-n3cccn3)cc1)C(=O)N(C1CCC[C@H]1O)C2. The Morgan fingerprint density at radius 1 is 1.17 bits per heavy atom. The van der Waals surface area contributed by atoms with Crippen LogP contribution in [0.5, 0.6) is 0 Å². The van der Waals surface area contributed by atoms with Gasteiger partial charge in [0.2, 0.25) is 0 Å². The summed E-state index contributed by atoms with van der Waals surface area (Å²) in [5.41, 5.74) is 6.52. The van der Waals surface area contributed by atoms with Crippen LogP contribution in [-0.4, -0.2) is 37.8 Å². The third kappa shape index (κ3) is 3.25. The molecule has 1 amide bonds. The first-order chi connectivity index (χ1) is 14.1. The van der Waals surface area contributed by atoms with Gasteiger partial charge in [0.15, 0.2) is 0 Å². The van der Waals surface area contributed by atoms with E-state index in [4.69, 9.17) is 0 Å². The molecule has 1 aliphatic carbocycles. The molecule has 5 nitrogen and oxygen atoms in total. The van der Waals surface area contributed by atoms with E-state index in [1.54, 1.807) is 6.20 Å². The monoisotopic (exact) mass is 387 g/mol. The first-order valence-electron chi connectivity index (χ1n) is 10.3. The lowest BCUT2D eigenvalue weighted by Crippen LogP contribution is -2.40. The molecular formula is C24H25N3O2. The van der Waals surface area contributed by atoms with E-state index in [0.717, 1.165) is 42.5 Å². The van der Waals surface area contributed by atoms with Crippen LogP contribution in [0.4, 0.5) is 0 Å². The zero-order chi connectivity index (χ0) is 20.0. The van der Waals surface area contributed by atoms with E-state index < -0.39 is 0 Å². The van der Waals surface area contributed by atoms with Gasteiger partial charge >= 0.3 is 0 Å². The summed E-state index contributed by atoms with van der Waals surface area (Å²) < 4.78 is 1.84. The molecule has 5 rings (SSSR count). The summed E-state index contributed by atoms with van der Waals surface area (Å²) in [6.07, 6.45) is 6.79. The van der Waals surface area contributed by atoms with Crippen molar-refractivity contribution in [1.82, 2.24) is 14.7 Å². The fraction of sp³-hybridized carbons (Fsp3) is 0.333. The largest absolute Gasteiger partial charge is 0.391 e. The highest BCUT2D eigenvalue weighted by molar-refractivity contribution is 5.99. The van der Waals surface area contributed by atoms with E-state index in [2.05, 4.69) is 48.4 Å². The van der Waals surface area contributed by atoms with Crippen molar-refractivity contribution in [2.75, 3.05) is 0 Å². The zero-order valence-corrected chi connectivity index (χ0v) is 16.6. The van der Waals surface area contributed by atoms with Crippen molar-refractivity contribution in [3.05, 3.63) is 82.7 Å². The first-order valence-corrected chi connectivity index (χ1v) is 10.3. The number of hydrogen-bond donors (Lipinski definition) is 1. The molecule has 1 aromatic heterocycles. The van der Waals surface area contributed by atoms with Crippen molar-refractivity contribution in [3.63, 3.8) is 0 Å². The van der Waals surface area contributed by atoms with Crippen LogP contribution in [0.3, 0.4) is 0 Å². The number of fused-ring (bicyclic) bond motifs is 1.